The fourth-order valence-corrected chi connectivity index (χ4v) is 2.67. The third-order valence-electron chi connectivity index (χ3n) is 3.38. The maximum Gasteiger partial charge on any atom is 0.0572 e. The van der Waals surface area contributed by atoms with Crippen molar-refractivity contribution in [3.63, 3.8) is 0 Å². The SMILES string of the molecule is CONC1CC2CCC(C1)N2C. The summed E-state index contributed by atoms with van der Waals surface area (Å²) in [6.07, 6.45) is 5.26. The van der Waals surface area contributed by atoms with Crippen LogP contribution in [-0.2, 0) is 4.84 Å². The van der Waals surface area contributed by atoms with E-state index in [9.17, 15) is 0 Å². The zero-order valence-corrected chi connectivity index (χ0v) is 7.92. The van der Waals surface area contributed by atoms with Crippen LogP contribution in [0, 0.1) is 0 Å². The second-order valence-electron chi connectivity index (χ2n) is 4.04. The van der Waals surface area contributed by atoms with E-state index < -0.39 is 0 Å². The minimum absolute atomic E-state index is 0.587. The van der Waals surface area contributed by atoms with Gasteiger partial charge in [-0.1, -0.05) is 0 Å². The number of hydrogen-bond acceptors (Lipinski definition) is 3. The van der Waals surface area contributed by atoms with Crippen molar-refractivity contribution < 1.29 is 4.84 Å². The van der Waals surface area contributed by atoms with E-state index in [-0.39, 0.29) is 0 Å². The molecular weight excluding hydrogens is 152 g/mol. The van der Waals surface area contributed by atoms with Crippen LogP contribution in [0.25, 0.3) is 0 Å². The van der Waals surface area contributed by atoms with Crippen molar-refractivity contribution in [3.8, 4) is 0 Å². The smallest absolute Gasteiger partial charge is 0.0572 e. The van der Waals surface area contributed by atoms with E-state index in [0.717, 1.165) is 12.1 Å². The Hall–Kier alpha value is -0.120. The number of piperidine rings is 1. The Morgan fingerprint density at radius 3 is 2.33 bits per heavy atom. The van der Waals surface area contributed by atoms with Gasteiger partial charge >= 0.3 is 0 Å². The van der Waals surface area contributed by atoms with Gasteiger partial charge in [-0.2, -0.15) is 5.48 Å². The van der Waals surface area contributed by atoms with Crippen molar-refractivity contribution in [2.45, 2.75) is 43.8 Å². The van der Waals surface area contributed by atoms with E-state index in [2.05, 4.69) is 17.4 Å². The maximum absolute atomic E-state index is 4.97. The zero-order chi connectivity index (χ0) is 8.55. The number of nitrogens with one attached hydrogen (secondary N) is 1. The Bertz CT molecular complexity index is 149. The van der Waals surface area contributed by atoms with Gasteiger partial charge in [-0.25, -0.2) is 0 Å². The summed E-state index contributed by atoms with van der Waals surface area (Å²) >= 11 is 0. The van der Waals surface area contributed by atoms with Gasteiger partial charge in [0.1, 0.15) is 0 Å². The molecule has 2 unspecified atom stereocenters. The Balaban J connectivity index is 1.93. The first-order chi connectivity index (χ1) is 5.81. The molecule has 2 rings (SSSR count). The van der Waals surface area contributed by atoms with E-state index in [1.165, 1.54) is 25.7 Å². The summed E-state index contributed by atoms with van der Waals surface area (Å²) in [4.78, 5) is 7.51. The summed E-state index contributed by atoms with van der Waals surface area (Å²) in [6.45, 7) is 0. The molecule has 0 aromatic rings. The molecule has 2 heterocycles. The molecule has 2 bridgehead atoms. The summed E-state index contributed by atoms with van der Waals surface area (Å²) in [7, 11) is 3.96. The van der Waals surface area contributed by atoms with Gasteiger partial charge in [0.05, 0.1) is 7.11 Å². The van der Waals surface area contributed by atoms with Crippen LogP contribution >= 0.6 is 0 Å². The van der Waals surface area contributed by atoms with Crippen LogP contribution in [0.4, 0.5) is 0 Å². The molecule has 0 spiro atoms. The molecule has 2 aliphatic rings. The molecule has 0 aromatic carbocycles. The highest BCUT2D eigenvalue weighted by atomic mass is 16.6. The van der Waals surface area contributed by atoms with Gasteiger partial charge in [0, 0.05) is 18.1 Å². The molecule has 0 saturated carbocycles. The van der Waals surface area contributed by atoms with E-state index >= 15 is 0 Å². The molecule has 3 nitrogen and oxygen atoms in total. The van der Waals surface area contributed by atoms with E-state index in [1.54, 1.807) is 7.11 Å². The van der Waals surface area contributed by atoms with Crippen LogP contribution in [0.3, 0.4) is 0 Å². The Labute approximate surface area is 74.0 Å². The topological polar surface area (TPSA) is 24.5 Å². The van der Waals surface area contributed by atoms with E-state index in [4.69, 9.17) is 4.84 Å². The van der Waals surface area contributed by atoms with Crippen LogP contribution in [0.2, 0.25) is 0 Å². The number of rotatable bonds is 2. The Kier molecular flexibility index (Phi) is 2.35. The number of nitrogens with zero attached hydrogens (tertiary/aromatic N) is 1. The van der Waals surface area contributed by atoms with Crippen LogP contribution in [-0.4, -0.2) is 37.2 Å². The molecule has 0 aliphatic carbocycles. The minimum atomic E-state index is 0.587. The largest absolute Gasteiger partial charge is 0.305 e. The van der Waals surface area contributed by atoms with Gasteiger partial charge in [0.25, 0.3) is 0 Å². The summed E-state index contributed by atoms with van der Waals surface area (Å²) < 4.78 is 0. The molecule has 70 valence electrons. The van der Waals surface area contributed by atoms with Gasteiger partial charge in [0.2, 0.25) is 0 Å². The lowest BCUT2D eigenvalue weighted by molar-refractivity contribution is 0.0227. The second-order valence-corrected chi connectivity index (χ2v) is 4.04. The Morgan fingerprint density at radius 1 is 1.25 bits per heavy atom. The van der Waals surface area contributed by atoms with E-state index in [1.807, 2.05) is 0 Å². The molecule has 2 atom stereocenters. The van der Waals surface area contributed by atoms with Gasteiger partial charge in [-0.05, 0) is 32.7 Å². The van der Waals surface area contributed by atoms with Crippen molar-refractivity contribution in [1.82, 2.24) is 10.4 Å². The summed E-state index contributed by atoms with van der Waals surface area (Å²) in [6, 6.07) is 2.19. The fraction of sp³-hybridized carbons (Fsp3) is 1.00. The average molecular weight is 170 g/mol. The van der Waals surface area contributed by atoms with Crippen molar-refractivity contribution in [1.29, 1.82) is 0 Å². The third kappa shape index (κ3) is 1.37. The molecule has 0 radical (unpaired) electrons. The van der Waals surface area contributed by atoms with Crippen molar-refractivity contribution in [2.75, 3.05) is 14.2 Å². The van der Waals surface area contributed by atoms with E-state index in [0.29, 0.717) is 6.04 Å². The first-order valence-corrected chi connectivity index (χ1v) is 4.81. The van der Waals surface area contributed by atoms with Gasteiger partial charge in [-0.15, -0.1) is 0 Å². The number of hydrogen-bond donors (Lipinski definition) is 1. The lowest BCUT2D eigenvalue weighted by atomic mass is 9.99. The predicted octanol–water partition coefficient (Wildman–Crippen LogP) is 0.763. The summed E-state index contributed by atoms with van der Waals surface area (Å²) in [5, 5.41) is 0. The first-order valence-electron chi connectivity index (χ1n) is 4.81. The number of fused-ring (bicyclic) bond motifs is 2. The molecule has 0 amide bonds. The fourth-order valence-electron chi connectivity index (χ4n) is 2.67. The highest BCUT2D eigenvalue weighted by Gasteiger charge is 2.38. The van der Waals surface area contributed by atoms with Crippen LogP contribution in [0.1, 0.15) is 25.7 Å². The van der Waals surface area contributed by atoms with Crippen molar-refractivity contribution in [3.05, 3.63) is 0 Å². The standard InChI is InChI=1S/C9H18N2O/c1-11-8-3-4-9(11)6-7(5-8)10-12-2/h7-10H,3-6H2,1-2H3. The lowest BCUT2D eigenvalue weighted by Gasteiger charge is -2.36. The maximum atomic E-state index is 4.97. The molecule has 12 heavy (non-hydrogen) atoms. The van der Waals surface area contributed by atoms with Crippen LogP contribution in [0.15, 0.2) is 0 Å². The van der Waals surface area contributed by atoms with Gasteiger partial charge in [-0.3, -0.25) is 0 Å². The monoisotopic (exact) mass is 170 g/mol. The molecule has 0 aromatic heterocycles. The minimum Gasteiger partial charge on any atom is -0.305 e. The molecule has 2 fully saturated rings. The van der Waals surface area contributed by atoms with Crippen LogP contribution in [0.5, 0.6) is 0 Å². The third-order valence-corrected chi connectivity index (χ3v) is 3.38. The van der Waals surface area contributed by atoms with Gasteiger partial charge < -0.3 is 9.74 Å². The highest BCUT2D eigenvalue weighted by molar-refractivity contribution is 4.94. The average Bonchev–Trinajstić information content (AvgIpc) is 2.33. The molecule has 1 N–H and O–H groups in total. The molecule has 3 heteroatoms. The first kappa shape index (κ1) is 8.48. The lowest BCUT2D eigenvalue weighted by Crippen LogP contribution is -2.46. The summed E-state index contributed by atoms with van der Waals surface area (Å²) in [5.41, 5.74) is 3.08. The predicted molar refractivity (Wildman–Crippen MR) is 47.7 cm³/mol. The Morgan fingerprint density at radius 2 is 1.83 bits per heavy atom. The normalized spacial score (nSPS) is 42.0. The van der Waals surface area contributed by atoms with Crippen molar-refractivity contribution >= 4 is 0 Å². The molecule has 2 saturated heterocycles. The quantitative estimate of drug-likeness (QED) is 0.619. The molecular formula is C9H18N2O. The molecule has 2 aliphatic heterocycles. The van der Waals surface area contributed by atoms with Crippen molar-refractivity contribution in [2.24, 2.45) is 0 Å². The van der Waals surface area contributed by atoms with Crippen LogP contribution < -0.4 is 5.48 Å². The zero-order valence-electron chi connectivity index (χ0n) is 7.92. The highest BCUT2D eigenvalue weighted by Crippen LogP contribution is 2.33. The summed E-state index contributed by atoms with van der Waals surface area (Å²) in [5.74, 6) is 0. The van der Waals surface area contributed by atoms with Gasteiger partial charge in [0.15, 0.2) is 0 Å². The second kappa shape index (κ2) is 3.32. The number of hydroxylamine groups is 1.